The van der Waals surface area contributed by atoms with Crippen molar-refractivity contribution in [3.05, 3.63) is 48.0 Å². The van der Waals surface area contributed by atoms with Gasteiger partial charge in [-0.1, -0.05) is 18.2 Å². The normalized spacial score (nSPS) is 12.4. The molecule has 0 aliphatic heterocycles. The molecule has 1 atom stereocenters. The van der Waals surface area contributed by atoms with E-state index < -0.39 is 25.5 Å². The van der Waals surface area contributed by atoms with E-state index in [4.69, 9.17) is 14.8 Å². The third-order valence-corrected chi connectivity index (χ3v) is 5.35. The number of hydrogen-bond acceptors (Lipinski definition) is 5. The van der Waals surface area contributed by atoms with E-state index >= 15 is 0 Å². The monoisotopic (exact) mass is 368 g/mol. The first-order valence-corrected chi connectivity index (χ1v) is 9.76. The molecular formula is C17H25N2O5P. The number of rotatable bonds is 11. The van der Waals surface area contributed by atoms with Gasteiger partial charge in [-0.05, 0) is 38.0 Å². The number of amides is 2. The van der Waals surface area contributed by atoms with Gasteiger partial charge in [-0.15, -0.1) is 6.58 Å². The van der Waals surface area contributed by atoms with Crippen molar-refractivity contribution in [3.63, 3.8) is 0 Å². The van der Waals surface area contributed by atoms with E-state index in [2.05, 4.69) is 11.9 Å². The van der Waals surface area contributed by atoms with E-state index in [0.717, 1.165) is 5.56 Å². The summed E-state index contributed by atoms with van der Waals surface area (Å²) in [6.45, 7) is 7.60. The molecule has 3 N–H and O–H groups in total. The van der Waals surface area contributed by atoms with Crippen LogP contribution in [0.2, 0.25) is 0 Å². The number of nitrogens with two attached hydrogens (primary N) is 1. The van der Waals surface area contributed by atoms with Crippen LogP contribution in [0.4, 0.5) is 0 Å². The second-order valence-electron chi connectivity index (χ2n) is 5.25. The Morgan fingerprint density at radius 2 is 1.80 bits per heavy atom. The summed E-state index contributed by atoms with van der Waals surface area (Å²) in [6, 6.07) is 5.71. The zero-order chi connectivity index (χ0) is 18.9. The molecule has 7 nitrogen and oxygen atoms in total. The zero-order valence-corrected chi connectivity index (χ0v) is 15.5. The molecule has 0 saturated heterocycles. The van der Waals surface area contributed by atoms with Gasteiger partial charge in [-0.3, -0.25) is 14.2 Å². The summed E-state index contributed by atoms with van der Waals surface area (Å²) in [7, 11) is -3.20. The van der Waals surface area contributed by atoms with Gasteiger partial charge in [0, 0.05) is 5.56 Å². The standard InChI is InChI=1S/C17H25N2O5P/c1-4-7-15(16(18)20)19-17(21)14-10-8-13(9-11-14)12-25(22,23-5-2)24-6-3/h4,8-11,15H,1,5-7,12H2,2-3H3,(H2,18,20)(H,19,21)/t15-/m1/s1. The van der Waals surface area contributed by atoms with Gasteiger partial charge in [-0.2, -0.15) is 0 Å². The van der Waals surface area contributed by atoms with Crippen molar-refractivity contribution in [2.75, 3.05) is 13.2 Å². The highest BCUT2D eigenvalue weighted by molar-refractivity contribution is 7.53. The Labute approximate surface area is 148 Å². The van der Waals surface area contributed by atoms with Crippen LogP contribution in [0.5, 0.6) is 0 Å². The van der Waals surface area contributed by atoms with Crippen LogP contribution in [0.3, 0.4) is 0 Å². The first-order chi connectivity index (χ1) is 11.8. The van der Waals surface area contributed by atoms with E-state index in [1.165, 1.54) is 6.08 Å². The Hall–Kier alpha value is -1.95. The molecule has 1 aromatic rings. The highest BCUT2D eigenvalue weighted by Crippen LogP contribution is 2.51. The summed E-state index contributed by atoms with van der Waals surface area (Å²) in [5.41, 5.74) is 6.32. The molecule has 0 heterocycles. The molecule has 1 aromatic carbocycles. The van der Waals surface area contributed by atoms with Gasteiger partial charge < -0.3 is 20.1 Å². The Bertz CT molecular complexity index is 635. The van der Waals surface area contributed by atoms with Crippen LogP contribution in [0.25, 0.3) is 0 Å². The summed E-state index contributed by atoms with van der Waals surface area (Å²) < 4.78 is 23.0. The highest BCUT2D eigenvalue weighted by Gasteiger charge is 2.24. The average Bonchev–Trinajstić information content (AvgIpc) is 2.55. The van der Waals surface area contributed by atoms with E-state index in [-0.39, 0.29) is 25.8 Å². The van der Waals surface area contributed by atoms with Crippen LogP contribution in [0.15, 0.2) is 36.9 Å². The zero-order valence-electron chi connectivity index (χ0n) is 14.6. The van der Waals surface area contributed by atoms with Crippen molar-refractivity contribution < 1.29 is 23.2 Å². The SMILES string of the molecule is C=CC[C@@H](NC(=O)c1ccc(CP(=O)(OCC)OCC)cc1)C(N)=O. The highest BCUT2D eigenvalue weighted by atomic mass is 31.2. The minimum atomic E-state index is -3.20. The summed E-state index contributed by atoms with van der Waals surface area (Å²) in [5.74, 6) is -1.05. The van der Waals surface area contributed by atoms with Gasteiger partial charge in [0.2, 0.25) is 5.91 Å². The minimum absolute atomic E-state index is 0.122. The lowest BCUT2D eigenvalue weighted by atomic mass is 10.1. The molecule has 0 radical (unpaired) electrons. The predicted molar refractivity (Wildman–Crippen MR) is 96.3 cm³/mol. The molecule has 2 amide bonds. The Kier molecular flexibility index (Phi) is 8.55. The maximum Gasteiger partial charge on any atom is 0.335 e. The number of primary amides is 1. The summed E-state index contributed by atoms with van der Waals surface area (Å²) >= 11 is 0. The lowest BCUT2D eigenvalue weighted by Gasteiger charge is -2.17. The molecule has 0 spiro atoms. The molecule has 0 aromatic heterocycles. The number of carbonyl (C=O) groups excluding carboxylic acids is 2. The Balaban J connectivity index is 2.81. The molecule has 0 saturated carbocycles. The van der Waals surface area contributed by atoms with Crippen molar-refractivity contribution in [3.8, 4) is 0 Å². The van der Waals surface area contributed by atoms with E-state index in [1.54, 1.807) is 38.1 Å². The van der Waals surface area contributed by atoms with E-state index in [9.17, 15) is 14.2 Å². The second kappa shape index (κ2) is 10.1. The number of hydrogen-bond donors (Lipinski definition) is 2. The average molecular weight is 368 g/mol. The summed E-state index contributed by atoms with van der Waals surface area (Å²) in [5, 5.41) is 2.55. The third-order valence-electron chi connectivity index (χ3n) is 3.30. The Morgan fingerprint density at radius 1 is 1.24 bits per heavy atom. The molecule has 0 aliphatic rings. The van der Waals surface area contributed by atoms with Gasteiger partial charge in [0.25, 0.3) is 5.91 Å². The number of nitrogens with one attached hydrogen (secondary N) is 1. The van der Waals surface area contributed by atoms with Crippen LogP contribution < -0.4 is 11.1 Å². The van der Waals surface area contributed by atoms with Gasteiger partial charge in [0.15, 0.2) is 0 Å². The first kappa shape index (κ1) is 21.1. The van der Waals surface area contributed by atoms with Crippen molar-refractivity contribution in [1.82, 2.24) is 5.32 Å². The van der Waals surface area contributed by atoms with Crippen LogP contribution in [0.1, 0.15) is 36.2 Å². The summed E-state index contributed by atoms with van der Waals surface area (Å²) in [4.78, 5) is 23.5. The molecule has 138 valence electrons. The fraction of sp³-hybridized carbons (Fsp3) is 0.412. The van der Waals surface area contributed by atoms with Gasteiger partial charge in [-0.25, -0.2) is 0 Å². The predicted octanol–water partition coefficient (Wildman–Crippen LogP) is 2.61. The third kappa shape index (κ3) is 6.82. The van der Waals surface area contributed by atoms with Gasteiger partial charge in [0.1, 0.15) is 6.04 Å². The van der Waals surface area contributed by atoms with Crippen LogP contribution >= 0.6 is 7.60 Å². The van der Waals surface area contributed by atoms with Gasteiger partial charge >= 0.3 is 7.60 Å². The minimum Gasteiger partial charge on any atom is -0.368 e. The largest absolute Gasteiger partial charge is 0.368 e. The molecule has 0 fully saturated rings. The smallest absolute Gasteiger partial charge is 0.335 e. The van der Waals surface area contributed by atoms with Crippen molar-refractivity contribution in [2.24, 2.45) is 5.73 Å². The van der Waals surface area contributed by atoms with E-state index in [1.807, 2.05) is 0 Å². The molecule has 1 rings (SSSR count). The molecular weight excluding hydrogens is 343 g/mol. The summed E-state index contributed by atoms with van der Waals surface area (Å²) in [6.07, 6.45) is 1.89. The maximum absolute atomic E-state index is 12.5. The maximum atomic E-state index is 12.5. The van der Waals surface area contributed by atoms with Crippen LogP contribution in [-0.2, 0) is 24.6 Å². The van der Waals surface area contributed by atoms with Crippen molar-refractivity contribution in [1.29, 1.82) is 0 Å². The molecule has 0 unspecified atom stereocenters. The van der Waals surface area contributed by atoms with Crippen molar-refractivity contribution >= 4 is 19.4 Å². The van der Waals surface area contributed by atoms with E-state index in [0.29, 0.717) is 5.56 Å². The fourth-order valence-corrected chi connectivity index (χ4v) is 3.86. The lowest BCUT2D eigenvalue weighted by Crippen LogP contribution is -2.44. The molecule has 8 heteroatoms. The van der Waals surface area contributed by atoms with Gasteiger partial charge in [0.05, 0.1) is 19.4 Å². The number of carbonyl (C=O) groups is 2. The lowest BCUT2D eigenvalue weighted by molar-refractivity contribution is -0.119. The van der Waals surface area contributed by atoms with Crippen LogP contribution in [-0.4, -0.2) is 31.1 Å². The fourth-order valence-electron chi connectivity index (χ4n) is 2.16. The number of benzene rings is 1. The molecule has 0 aliphatic carbocycles. The molecule has 25 heavy (non-hydrogen) atoms. The van der Waals surface area contributed by atoms with Crippen molar-refractivity contribution in [2.45, 2.75) is 32.5 Å². The molecule has 0 bridgehead atoms. The second-order valence-corrected chi connectivity index (χ2v) is 7.31. The first-order valence-electron chi connectivity index (χ1n) is 8.03. The van der Waals surface area contributed by atoms with Crippen LogP contribution in [0, 0.1) is 0 Å². The quantitative estimate of drug-likeness (QED) is 0.461. The Morgan fingerprint density at radius 3 is 2.24 bits per heavy atom. The topological polar surface area (TPSA) is 108 Å².